The number of halogens is 3. The molecule has 1 N–H and O–H groups in total. The van der Waals surface area contributed by atoms with Gasteiger partial charge in [-0.05, 0) is 19.1 Å². The van der Waals surface area contributed by atoms with E-state index < -0.39 is 11.7 Å². The molecule has 0 saturated heterocycles. The average Bonchev–Trinajstić information content (AvgIpc) is 2.37. The minimum atomic E-state index is -4.46. The number of carbonyl (C=O) groups excluding carboxylic acids is 1. The first-order valence-corrected chi connectivity index (χ1v) is 6.39. The Labute approximate surface area is 121 Å². The monoisotopic (exact) mass is 304 g/mol. The summed E-state index contributed by atoms with van der Waals surface area (Å²) in [6, 6.07) is 1.89. The van der Waals surface area contributed by atoms with E-state index in [0.717, 1.165) is 12.1 Å². The van der Waals surface area contributed by atoms with Crippen LogP contribution in [-0.2, 0) is 11.0 Å². The topological polar surface area (TPSA) is 48.5 Å². The van der Waals surface area contributed by atoms with Crippen molar-refractivity contribution in [1.82, 2.24) is 9.88 Å². The second-order valence-electron chi connectivity index (χ2n) is 4.77. The molecular weight excluding hydrogens is 285 g/mol. The number of alkyl halides is 3. The number of anilines is 2. The molecular formula is C13H19F3N4O. The third kappa shape index (κ3) is 4.80. The van der Waals surface area contributed by atoms with Crippen LogP contribution in [0.2, 0.25) is 0 Å². The second kappa shape index (κ2) is 6.64. The molecule has 1 heterocycles. The molecule has 5 nitrogen and oxygen atoms in total. The number of aromatic nitrogens is 1. The Morgan fingerprint density at radius 2 is 1.90 bits per heavy atom. The Kier molecular flexibility index (Phi) is 5.40. The van der Waals surface area contributed by atoms with Gasteiger partial charge in [0, 0.05) is 27.7 Å². The molecule has 0 atom stereocenters. The highest BCUT2D eigenvalue weighted by Gasteiger charge is 2.32. The molecule has 0 bridgehead atoms. The van der Waals surface area contributed by atoms with E-state index in [9.17, 15) is 18.0 Å². The number of hydrogen-bond acceptors (Lipinski definition) is 4. The SMILES string of the molecule is CCNc1cc(C(F)(F)F)cc(N(C)CC(=O)N(C)C)n1. The van der Waals surface area contributed by atoms with E-state index in [1.54, 1.807) is 21.0 Å². The second-order valence-corrected chi connectivity index (χ2v) is 4.77. The van der Waals surface area contributed by atoms with Gasteiger partial charge in [0.15, 0.2) is 0 Å². The first-order chi connectivity index (χ1) is 9.65. The van der Waals surface area contributed by atoms with E-state index >= 15 is 0 Å². The highest BCUT2D eigenvalue weighted by molar-refractivity contribution is 5.80. The van der Waals surface area contributed by atoms with Crippen molar-refractivity contribution in [3.63, 3.8) is 0 Å². The molecule has 8 heteroatoms. The molecule has 1 amide bonds. The Morgan fingerprint density at radius 1 is 1.29 bits per heavy atom. The fraction of sp³-hybridized carbons (Fsp3) is 0.538. The predicted octanol–water partition coefficient (Wildman–Crippen LogP) is 2.06. The van der Waals surface area contributed by atoms with Crippen LogP contribution in [0.5, 0.6) is 0 Å². The summed E-state index contributed by atoms with van der Waals surface area (Å²) in [4.78, 5) is 18.5. The number of amides is 1. The molecule has 0 aromatic carbocycles. The molecule has 21 heavy (non-hydrogen) atoms. The quantitative estimate of drug-likeness (QED) is 0.904. The highest BCUT2D eigenvalue weighted by Crippen LogP contribution is 2.32. The van der Waals surface area contributed by atoms with Crippen molar-refractivity contribution in [3.05, 3.63) is 17.7 Å². The minimum Gasteiger partial charge on any atom is -0.370 e. The van der Waals surface area contributed by atoms with Crippen molar-refractivity contribution >= 4 is 17.5 Å². The van der Waals surface area contributed by atoms with Crippen LogP contribution in [0.1, 0.15) is 12.5 Å². The van der Waals surface area contributed by atoms with Gasteiger partial charge in [0.1, 0.15) is 11.6 Å². The maximum absolute atomic E-state index is 12.9. The summed E-state index contributed by atoms with van der Waals surface area (Å²) in [5, 5.41) is 2.76. The zero-order valence-electron chi connectivity index (χ0n) is 12.5. The van der Waals surface area contributed by atoms with E-state index in [-0.39, 0.29) is 24.1 Å². The van der Waals surface area contributed by atoms with Crippen LogP contribution in [0.3, 0.4) is 0 Å². The van der Waals surface area contributed by atoms with E-state index in [4.69, 9.17) is 0 Å². The summed E-state index contributed by atoms with van der Waals surface area (Å²) in [6.45, 7) is 2.17. The number of likely N-dealkylation sites (N-methyl/N-ethyl adjacent to an activating group) is 2. The van der Waals surface area contributed by atoms with Crippen molar-refractivity contribution in [3.8, 4) is 0 Å². The smallest absolute Gasteiger partial charge is 0.370 e. The zero-order chi connectivity index (χ0) is 16.2. The Bertz CT molecular complexity index is 503. The molecule has 1 aromatic heterocycles. The predicted molar refractivity (Wildman–Crippen MR) is 75.4 cm³/mol. The third-order valence-electron chi connectivity index (χ3n) is 2.76. The summed E-state index contributed by atoms with van der Waals surface area (Å²) in [6.07, 6.45) is -4.46. The van der Waals surface area contributed by atoms with Crippen LogP contribution in [0.4, 0.5) is 24.8 Å². The molecule has 0 saturated carbocycles. The van der Waals surface area contributed by atoms with Crippen LogP contribution >= 0.6 is 0 Å². The molecule has 118 valence electrons. The fourth-order valence-electron chi connectivity index (χ4n) is 1.57. The molecule has 0 unspecified atom stereocenters. The highest BCUT2D eigenvalue weighted by atomic mass is 19.4. The number of hydrogen-bond donors (Lipinski definition) is 1. The molecule has 1 rings (SSSR count). The molecule has 0 aliphatic carbocycles. The van der Waals surface area contributed by atoms with Gasteiger partial charge in [-0.3, -0.25) is 4.79 Å². The van der Waals surface area contributed by atoms with Crippen LogP contribution in [0.25, 0.3) is 0 Å². The lowest BCUT2D eigenvalue weighted by molar-refractivity contribution is -0.137. The first-order valence-electron chi connectivity index (χ1n) is 6.39. The van der Waals surface area contributed by atoms with Gasteiger partial charge in [-0.25, -0.2) is 4.98 Å². The Hall–Kier alpha value is -1.99. The standard InChI is InChI=1S/C13H19F3N4O/c1-5-17-10-6-9(13(14,15)16)7-11(18-10)20(4)8-12(21)19(2)3/h6-7H,5,8H2,1-4H3,(H,17,18). The van der Waals surface area contributed by atoms with Crippen molar-refractivity contribution in [2.75, 3.05) is 44.4 Å². The van der Waals surface area contributed by atoms with Crippen molar-refractivity contribution in [2.45, 2.75) is 13.1 Å². The molecule has 0 radical (unpaired) electrons. The van der Waals surface area contributed by atoms with Crippen LogP contribution in [-0.4, -0.2) is 50.0 Å². The number of nitrogens with zero attached hydrogens (tertiary/aromatic N) is 3. The summed E-state index contributed by atoms with van der Waals surface area (Å²) in [5.74, 6) is 0.00386. The van der Waals surface area contributed by atoms with Gasteiger partial charge in [-0.2, -0.15) is 13.2 Å². The summed E-state index contributed by atoms with van der Waals surface area (Å²) < 4.78 is 38.7. The largest absolute Gasteiger partial charge is 0.416 e. The van der Waals surface area contributed by atoms with E-state index in [0.29, 0.717) is 6.54 Å². The van der Waals surface area contributed by atoms with E-state index in [1.165, 1.54) is 16.8 Å². The molecule has 0 spiro atoms. The Morgan fingerprint density at radius 3 is 2.38 bits per heavy atom. The number of rotatable bonds is 5. The zero-order valence-corrected chi connectivity index (χ0v) is 12.5. The van der Waals surface area contributed by atoms with Crippen molar-refractivity contribution in [1.29, 1.82) is 0 Å². The van der Waals surface area contributed by atoms with E-state index in [1.807, 2.05) is 0 Å². The van der Waals surface area contributed by atoms with E-state index in [2.05, 4.69) is 10.3 Å². The lowest BCUT2D eigenvalue weighted by atomic mass is 10.2. The number of pyridine rings is 1. The fourth-order valence-corrected chi connectivity index (χ4v) is 1.57. The van der Waals surface area contributed by atoms with Crippen LogP contribution < -0.4 is 10.2 Å². The van der Waals surface area contributed by atoms with Gasteiger partial charge < -0.3 is 15.1 Å². The lowest BCUT2D eigenvalue weighted by Gasteiger charge is -2.22. The molecule has 1 aromatic rings. The summed E-state index contributed by atoms with van der Waals surface area (Å²) in [7, 11) is 4.69. The van der Waals surface area contributed by atoms with Gasteiger partial charge in [0.2, 0.25) is 5.91 Å². The Balaban J connectivity index is 3.10. The maximum Gasteiger partial charge on any atom is 0.416 e. The first kappa shape index (κ1) is 17.1. The van der Waals surface area contributed by atoms with Crippen LogP contribution in [0.15, 0.2) is 12.1 Å². The normalized spacial score (nSPS) is 11.2. The van der Waals surface area contributed by atoms with Crippen molar-refractivity contribution < 1.29 is 18.0 Å². The van der Waals surface area contributed by atoms with Gasteiger partial charge in [-0.15, -0.1) is 0 Å². The minimum absolute atomic E-state index is 0.0487. The number of carbonyl (C=O) groups is 1. The summed E-state index contributed by atoms with van der Waals surface area (Å²) >= 11 is 0. The maximum atomic E-state index is 12.9. The molecule has 0 aliphatic heterocycles. The van der Waals surface area contributed by atoms with Gasteiger partial charge in [-0.1, -0.05) is 0 Å². The van der Waals surface area contributed by atoms with Gasteiger partial charge in [0.25, 0.3) is 0 Å². The van der Waals surface area contributed by atoms with Crippen molar-refractivity contribution in [2.24, 2.45) is 0 Å². The summed E-state index contributed by atoms with van der Waals surface area (Å²) in [5.41, 5.74) is -0.799. The third-order valence-corrected chi connectivity index (χ3v) is 2.76. The average molecular weight is 304 g/mol. The lowest BCUT2D eigenvalue weighted by Crippen LogP contribution is -2.34. The van der Waals surface area contributed by atoms with Gasteiger partial charge in [0.05, 0.1) is 12.1 Å². The van der Waals surface area contributed by atoms with Crippen LogP contribution in [0, 0.1) is 0 Å². The number of nitrogens with one attached hydrogen (secondary N) is 1. The molecule has 0 fully saturated rings. The molecule has 0 aliphatic rings. The van der Waals surface area contributed by atoms with Gasteiger partial charge >= 0.3 is 6.18 Å².